The molecule has 0 aromatic heterocycles. The van der Waals surface area contributed by atoms with Crippen molar-refractivity contribution in [3.05, 3.63) is 70.8 Å². The van der Waals surface area contributed by atoms with Crippen molar-refractivity contribution in [3.63, 3.8) is 0 Å². The quantitative estimate of drug-likeness (QED) is 0.860. The average molecular weight is 300 g/mol. The number of rotatable bonds is 2. The molecular formula is C20H28O2. The van der Waals surface area contributed by atoms with Gasteiger partial charge in [-0.2, -0.15) is 0 Å². The summed E-state index contributed by atoms with van der Waals surface area (Å²) in [7, 11) is 0. The van der Waals surface area contributed by atoms with Crippen LogP contribution in [-0.4, -0.2) is 10.2 Å². The van der Waals surface area contributed by atoms with Gasteiger partial charge in [-0.3, -0.25) is 0 Å². The van der Waals surface area contributed by atoms with Gasteiger partial charge in [-0.1, -0.05) is 59.7 Å². The first-order valence-electron chi connectivity index (χ1n) is 7.59. The van der Waals surface area contributed by atoms with Crippen LogP contribution in [0.4, 0.5) is 0 Å². The zero-order valence-electron chi connectivity index (χ0n) is 14.5. The fourth-order valence-electron chi connectivity index (χ4n) is 1.92. The molecule has 0 amide bonds. The molecule has 2 aromatic carbocycles. The lowest BCUT2D eigenvalue weighted by Crippen LogP contribution is -2.14. The summed E-state index contributed by atoms with van der Waals surface area (Å²) in [5.41, 5.74) is 2.93. The van der Waals surface area contributed by atoms with E-state index in [1.165, 1.54) is 11.1 Å². The largest absolute Gasteiger partial charge is 0.386 e. The molecule has 0 aliphatic carbocycles. The summed E-state index contributed by atoms with van der Waals surface area (Å²) in [5, 5.41) is 19.2. The Morgan fingerprint density at radius 1 is 0.545 bits per heavy atom. The van der Waals surface area contributed by atoms with Crippen molar-refractivity contribution in [3.8, 4) is 0 Å². The van der Waals surface area contributed by atoms with Gasteiger partial charge in [0.05, 0.1) is 11.2 Å². The van der Waals surface area contributed by atoms with Crippen molar-refractivity contribution < 1.29 is 10.2 Å². The topological polar surface area (TPSA) is 40.5 Å². The molecule has 0 fully saturated rings. The molecule has 0 aliphatic rings. The Hall–Kier alpha value is -1.64. The van der Waals surface area contributed by atoms with Crippen LogP contribution in [0.3, 0.4) is 0 Å². The SMILES string of the molecule is Cc1ccc(C(C)(C)O)cc1.Cc1ccc(C(C)(C)O)cc1. The van der Waals surface area contributed by atoms with Crippen molar-refractivity contribution in [2.24, 2.45) is 0 Å². The molecule has 0 heterocycles. The normalized spacial score (nSPS) is 11.6. The Kier molecular flexibility index (Phi) is 5.92. The maximum absolute atomic E-state index is 9.58. The first-order valence-corrected chi connectivity index (χ1v) is 7.59. The number of hydrogen-bond acceptors (Lipinski definition) is 2. The van der Waals surface area contributed by atoms with Gasteiger partial charge in [0.25, 0.3) is 0 Å². The van der Waals surface area contributed by atoms with E-state index >= 15 is 0 Å². The molecule has 120 valence electrons. The third kappa shape index (κ3) is 6.00. The van der Waals surface area contributed by atoms with Gasteiger partial charge in [-0.05, 0) is 52.7 Å². The summed E-state index contributed by atoms with van der Waals surface area (Å²) in [6.07, 6.45) is 0. The summed E-state index contributed by atoms with van der Waals surface area (Å²) >= 11 is 0. The van der Waals surface area contributed by atoms with Crippen LogP contribution in [0.2, 0.25) is 0 Å². The summed E-state index contributed by atoms with van der Waals surface area (Å²) < 4.78 is 0. The van der Waals surface area contributed by atoms with E-state index in [1.807, 2.05) is 62.4 Å². The second-order valence-corrected chi connectivity index (χ2v) is 6.85. The van der Waals surface area contributed by atoms with Crippen LogP contribution in [0, 0.1) is 13.8 Å². The van der Waals surface area contributed by atoms with Gasteiger partial charge in [-0.15, -0.1) is 0 Å². The van der Waals surface area contributed by atoms with Crippen LogP contribution >= 0.6 is 0 Å². The van der Waals surface area contributed by atoms with Crippen molar-refractivity contribution in [1.29, 1.82) is 0 Å². The second kappa shape index (κ2) is 7.08. The molecule has 0 atom stereocenters. The van der Waals surface area contributed by atoms with Crippen LogP contribution in [0.1, 0.15) is 49.9 Å². The predicted octanol–water partition coefficient (Wildman–Crippen LogP) is 4.44. The highest BCUT2D eigenvalue weighted by Gasteiger charge is 2.15. The smallest absolute Gasteiger partial charge is 0.0840 e. The van der Waals surface area contributed by atoms with Crippen LogP contribution in [0.15, 0.2) is 48.5 Å². The monoisotopic (exact) mass is 300 g/mol. The van der Waals surface area contributed by atoms with Gasteiger partial charge >= 0.3 is 0 Å². The zero-order valence-corrected chi connectivity index (χ0v) is 14.5. The molecule has 2 aromatic rings. The molecule has 0 spiro atoms. The first kappa shape index (κ1) is 18.4. The zero-order chi connectivity index (χ0) is 17.0. The van der Waals surface area contributed by atoms with Crippen molar-refractivity contribution in [1.82, 2.24) is 0 Å². The summed E-state index contributed by atoms with van der Waals surface area (Å²) in [4.78, 5) is 0. The lowest BCUT2D eigenvalue weighted by Gasteiger charge is -2.17. The third-order valence-corrected chi connectivity index (χ3v) is 3.52. The van der Waals surface area contributed by atoms with Crippen LogP contribution in [0.5, 0.6) is 0 Å². The first-order chi connectivity index (χ1) is 10.00. The molecule has 0 bridgehead atoms. The van der Waals surface area contributed by atoms with Crippen LogP contribution in [0.25, 0.3) is 0 Å². The summed E-state index contributed by atoms with van der Waals surface area (Å²) in [5.74, 6) is 0. The van der Waals surface area contributed by atoms with Gasteiger partial charge in [0.1, 0.15) is 0 Å². The standard InChI is InChI=1S/2C10H14O/c2*1-8-4-6-9(7-5-8)10(2,3)11/h2*4-7,11H,1-3H3. The van der Waals surface area contributed by atoms with E-state index in [1.54, 1.807) is 27.7 Å². The minimum absolute atomic E-state index is 0.715. The molecule has 2 heteroatoms. The van der Waals surface area contributed by atoms with E-state index in [0.29, 0.717) is 0 Å². The fourth-order valence-corrected chi connectivity index (χ4v) is 1.92. The Morgan fingerprint density at radius 3 is 0.955 bits per heavy atom. The Bertz CT molecular complexity index is 512. The minimum atomic E-state index is -0.715. The van der Waals surface area contributed by atoms with Gasteiger partial charge in [0.15, 0.2) is 0 Å². The highest BCUT2D eigenvalue weighted by Crippen LogP contribution is 2.19. The number of aryl methyl sites for hydroxylation is 2. The number of benzene rings is 2. The molecular weight excluding hydrogens is 272 g/mol. The summed E-state index contributed by atoms with van der Waals surface area (Å²) in [6, 6.07) is 15.8. The molecule has 2 N–H and O–H groups in total. The molecule has 0 radical (unpaired) electrons. The second-order valence-electron chi connectivity index (χ2n) is 6.85. The van der Waals surface area contributed by atoms with E-state index in [2.05, 4.69) is 0 Å². The molecule has 2 rings (SSSR count). The molecule has 0 saturated carbocycles. The van der Waals surface area contributed by atoms with E-state index < -0.39 is 11.2 Å². The highest BCUT2D eigenvalue weighted by molar-refractivity contribution is 5.25. The van der Waals surface area contributed by atoms with Gasteiger partial charge < -0.3 is 10.2 Å². The highest BCUT2D eigenvalue weighted by atomic mass is 16.3. The molecule has 22 heavy (non-hydrogen) atoms. The fraction of sp³-hybridized carbons (Fsp3) is 0.400. The van der Waals surface area contributed by atoms with E-state index in [0.717, 1.165) is 11.1 Å². The third-order valence-electron chi connectivity index (χ3n) is 3.52. The van der Waals surface area contributed by atoms with Gasteiger partial charge in [0.2, 0.25) is 0 Å². The van der Waals surface area contributed by atoms with Crippen molar-refractivity contribution >= 4 is 0 Å². The van der Waals surface area contributed by atoms with E-state index in [4.69, 9.17) is 0 Å². The number of aliphatic hydroxyl groups is 2. The molecule has 2 nitrogen and oxygen atoms in total. The van der Waals surface area contributed by atoms with Gasteiger partial charge in [-0.25, -0.2) is 0 Å². The van der Waals surface area contributed by atoms with Crippen molar-refractivity contribution in [2.75, 3.05) is 0 Å². The lowest BCUT2D eigenvalue weighted by molar-refractivity contribution is 0.0780. The maximum atomic E-state index is 9.58. The molecule has 0 saturated heterocycles. The van der Waals surface area contributed by atoms with Crippen LogP contribution < -0.4 is 0 Å². The Balaban J connectivity index is 0.000000220. The Labute approximate surface area is 134 Å². The molecule has 0 unspecified atom stereocenters. The van der Waals surface area contributed by atoms with E-state index in [-0.39, 0.29) is 0 Å². The predicted molar refractivity (Wildman–Crippen MR) is 92.8 cm³/mol. The number of hydrogen-bond donors (Lipinski definition) is 2. The maximum Gasteiger partial charge on any atom is 0.0840 e. The Morgan fingerprint density at radius 2 is 0.773 bits per heavy atom. The lowest BCUT2D eigenvalue weighted by atomic mass is 9.98. The van der Waals surface area contributed by atoms with Crippen molar-refractivity contribution in [2.45, 2.75) is 52.7 Å². The molecule has 0 aliphatic heterocycles. The van der Waals surface area contributed by atoms with Gasteiger partial charge in [0, 0.05) is 0 Å². The van der Waals surface area contributed by atoms with Crippen LogP contribution in [-0.2, 0) is 11.2 Å². The van der Waals surface area contributed by atoms with E-state index in [9.17, 15) is 10.2 Å². The minimum Gasteiger partial charge on any atom is -0.386 e. The average Bonchev–Trinajstić information content (AvgIpc) is 2.38. The summed E-state index contributed by atoms with van der Waals surface area (Å²) in [6.45, 7) is 11.2.